The molecule has 0 radical (unpaired) electrons. The van der Waals surface area contributed by atoms with Gasteiger partial charge in [-0.1, -0.05) is 13.8 Å². The summed E-state index contributed by atoms with van der Waals surface area (Å²) in [6.45, 7) is 6.77. The molecule has 1 aliphatic rings. The Balaban J connectivity index is 0.00000264. The zero-order valence-electron chi connectivity index (χ0n) is 13.3. The van der Waals surface area contributed by atoms with Crippen LogP contribution in [0.1, 0.15) is 37.4 Å². The van der Waals surface area contributed by atoms with E-state index in [0.717, 1.165) is 31.3 Å². The van der Waals surface area contributed by atoms with Gasteiger partial charge in [0.2, 0.25) is 0 Å². The van der Waals surface area contributed by atoms with Gasteiger partial charge in [0, 0.05) is 32.2 Å². The number of nitrogens with zero attached hydrogens (tertiary/aromatic N) is 1. The highest BCUT2D eigenvalue weighted by Crippen LogP contribution is 2.39. The molecule has 23 heavy (non-hydrogen) atoms. The smallest absolute Gasteiger partial charge is 0.314 e. The Kier molecular flexibility index (Phi) is 7.29. The van der Waals surface area contributed by atoms with Crippen molar-refractivity contribution < 1.29 is 17.6 Å². The Morgan fingerprint density at radius 2 is 1.78 bits per heavy atom. The number of hydrogen-bond donors (Lipinski definition) is 1. The maximum Gasteiger partial charge on any atom is 0.416 e. The fourth-order valence-electron chi connectivity index (χ4n) is 2.98. The predicted octanol–water partition coefficient (Wildman–Crippen LogP) is 4.26. The quantitative estimate of drug-likeness (QED) is 0.813. The number of alkyl halides is 3. The maximum absolute atomic E-state index is 13.6. The first-order valence-corrected chi connectivity index (χ1v) is 7.60. The molecule has 1 aromatic carbocycles. The van der Waals surface area contributed by atoms with Crippen LogP contribution in [0.15, 0.2) is 18.2 Å². The second kappa shape index (κ2) is 8.31. The van der Waals surface area contributed by atoms with Crippen molar-refractivity contribution in [3.63, 3.8) is 0 Å². The van der Waals surface area contributed by atoms with E-state index in [2.05, 4.69) is 5.32 Å². The van der Waals surface area contributed by atoms with Crippen LogP contribution in [0.2, 0.25) is 0 Å². The summed E-state index contributed by atoms with van der Waals surface area (Å²) in [5.41, 5.74) is -0.666. The van der Waals surface area contributed by atoms with Crippen molar-refractivity contribution in [1.82, 2.24) is 10.2 Å². The molecule has 1 heterocycles. The lowest BCUT2D eigenvalue weighted by Crippen LogP contribution is -2.45. The number of halogens is 5. The number of rotatable bonds is 4. The molecule has 132 valence electrons. The van der Waals surface area contributed by atoms with Crippen molar-refractivity contribution in [1.29, 1.82) is 0 Å². The van der Waals surface area contributed by atoms with Crippen molar-refractivity contribution in [2.45, 2.75) is 32.5 Å². The third-order valence-corrected chi connectivity index (χ3v) is 3.97. The van der Waals surface area contributed by atoms with Crippen molar-refractivity contribution in [3.8, 4) is 0 Å². The molecule has 0 amide bonds. The average molecular weight is 355 g/mol. The van der Waals surface area contributed by atoms with Gasteiger partial charge < -0.3 is 5.32 Å². The van der Waals surface area contributed by atoms with Crippen LogP contribution in [-0.2, 0) is 6.18 Å². The first kappa shape index (κ1) is 20.2. The highest BCUT2D eigenvalue weighted by atomic mass is 35.5. The van der Waals surface area contributed by atoms with Gasteiger partial charge in [-0.2, -0.15) is 13.2 Å². The average Bonchev–Trinajstić information content (AvgIpc) is 2.44. The second-order valence-electron chi connectivity index (χ2n) is 6.16. The summed E-state index contributed by atoms with van der Waals surface area (Å²) < 4.78 is 53.5. The number of nitrogens with one attached hydrogen (secondary N) is 1. The maximum atomic E-state index is 13.6. The fourth-order valence-corrected chi connectivity index (χ4v) is 2.98. The van der Waals surface area contributed by atoms with Crippen molar-refractivity contribution in [3.05, 3.63) is 35.1 Å². The molecule has 1 saturated heterocycles. The Bertz CT molecular complexity index is 499. The molecule has 2 nitrogen and oxygen atoms in total. The zero-order chi connectivity index (χ0) is 16.3. The summed E-state index contributed by atoms with van der Waals surface area (Å²) in [4.78, 5) is 2.03. The largest absolute Gasteiger partial charge is 0.416 e. The lowest BCUT2D eigenvalue weighted by atomic mass is 9.91. The molecule has 0 aromatic heterocycles. The van der Waals surface area contributed by atoms with Crippen LogP contribution in [0.3, 0.4) is 0 Å². The van der Waals surface area contributed by atoms with E-state index in [1.807, 2.05) is 18.7 Å². The van der Waals surface area contributed by atoms with Gasteiger partial charge in [0.25, 0.3) is 0 Å². The predicted molar refractivity (Wildman–Crippen MR) is 85.3 cm³/mol. The van der Waals surface area contributed by atoms with Gasteiger partial charge in [0.05, 0.1) is 5.56 Å². The van der Waals surface area contributed by atoms with Crippen LogP contribution < -0.4 is 5.32 Å². The van der Waals surface area contributed by atoms with E-state index in [0.29, 0.717) is 19.5 Å². The zero-order valence-corrected chi connectivity index (χ0v) is 14.1. The Labute approximate surface area is 140 Å². The molecule has 1 aliphatic heterocycles. The van der Waals surface area contributed by atoms with Crippen molar-refractivity contribution in [2.75, 3.05) is 26.2 Å². The summed E-state index contributed by atoms with van der Waals surface area (Å²) in [7, 11) is 0. The minimum absolute atomic E-state index is 0. The van der Waals surface area contributed by atoms with Gasteiger partial charge in [-0.25, -0.2) is 4.39 Å². The van der Waals surface area contributed by atoms with Crippen LogP contribution in [0.4, 0.5) is 17.6 Å². The van der Waals surface area contributed by atoms with Crippen molar-refractivity contribution >= 4 is 12.4 Å². The van der Waals surface area contributed by atoms with E-state index < -0.39 is 23.6 Å². The molecule has 0 saturated carbocycles. The molecule has 0 unspecified atom stereocenters. The minimum atomic E-state index is -4.47. The third-order valence-electron chi connectivity index (χ3n) is 3.97. The van der Waals surface area contributed by atoms with Crippen LogP contribution in [0.5, 0.6) is 0 Å². The molecule has 0 bridgehead atoms. The Morgan fingerprint density at radius 1 is 1.17 bits per heavy atom. The number of benzene rings is 1. The lowest BCUT2D eigenvalue weighted by molar-refractivity contribution is -0.139. The lowest BCUT2D eigenvalue weighted by Gasteiger charge is -2.37. The van der Waals surface area contributed by atoms with Gasteiger partial charge >= 0.3 is 6.18 Å². The highest BCUT2D eigenvalue weighted by Gasteiger charge is 2.37. The van der Waals surface area contributed by atoms with E-state index in [-0.39, 0.29) is 23.9 Å². The Morgan fingerprint density at radius 3 is 2.30 bits per heavy atom. The van der Waals surface area contributed by atoms with Gasteiger partial charge in [-0.05, 0) is 36.1 Å². The van der Waals surface area contributed by atoms with E-state index in [4.69, 9.17) is 0 Å². The van der Waals surface area contributed by atoms with E-state index in [1.54, 1.807) is 0 Å². The normalized spacial score (nSPS) is 17.9. The van der Waals surface area contributed by atoms with Crippen molar-refractivity contribution in [2.24, 2.45) is 5.92 Å². The molecular formula is C16H23ClF4N2. The van der Waals surface area contributed by atoms with E-state index in [9.17, 15) is 17.6 Å². The summed E-state index contributed by atoms with van der Waals surface area (Å²) in [6, 6.07) is 2.39. The minimum Gasteiger partial charge on any atom is -0.314 e. The monoisotopic (exact) mass is 354 g/mol. The molecule has 2 rings (SSSR count). The van der Waals surface area contributed by atoms with Gasteiger partial charge in [0.15, 0.2) is 0 Å². The van der Waals surface area contributed by atoms with E-state index in [1.165, 1.54) is 0 Å². The molecule has 0 spiro atoms. The van der Waals surface area contributed by atoms with E-state index >= 15 is 0 Å². The number of piperazine rings is 1. The third kappa shape index (κ3) is 5.33. The Hall–Kier alpha value is -0.850. The van der Waals surface area contributed by atoms with Gasteiger partial charge in [-0.3, -0.25) is 4.90 Å². The van der Waals surface area contributed by atoms with Gasteiger partial charge in [-0.15, -0.1) is 12.4 Å². The van der Waals surface area contributed by atoms with Crippen LogP contribution in [0.25, 0.3) is 0 Å². The standard InChI is InChI=1S/C16H22F4N2.ClH/c1-11(2)9-15(22-7-5-21-6-8-22)13-10-12(17)3-4-14(13)16(18,19)20;/h3-4,10-11,15,21H,5-9H2,1-2H3;1H/t15-;/m0./s1. The first-order valence-electron chi connectivity index (χ1n) is 7.60. The molecule has 1 atom stereocenters. The van der Waals surface area contributed by atoms with Crippen LogP contribution in [0, 0.1) is 11.7 Å². The molecule has 7 heteroatoms. The SMILES string of the molecule is CC(C)C[C@@H](c1cc(F)ccc1C(F)(F)F)N1CCNCC1.Cl. The van der Waals surface area contributed by atoms with Crippen LogP contribution >= 0.6 is 12.4 Å². The topological polar surface area (TPSA) is 15.3 Å². The summed E-state index contributed by atoms with van der Waals surface area (Å²) in [6.07, 6.45) is -3.89. The molecule has 0 aliphatic carbocycles. The highest BCUT2D eigenvalue weighted by molar-refractivity contribution is 5.85. The number of hydrogen-bond acceptors (Lipinski definition) is 2. The van der Waals surface area contributed by atoms with Gasteiger partial charge in [0.1, 0.15) is 5.82 Å². The first-order chi connectivity index (χ1) is 10.3. The summed E-state index contributed by atoms with van der Waals surface area (Å²) in [5.74, 6) is -0.392. The fraction of sp³-hybridized carbons (Fsp3) is 0.625. The second-order valence-corrected chi connectivity index (χ2v) is 6.16. The molecular weight excluding hydrogens is 332 g/mol. The molecule has 1 aromatic rings. The molecule has 1 fully saturated rings. The van der Waals surface area contributed by atoms with Crippen LogP contribution in [-0.4, -0.2) is 31.1 Å². The molecule has 1 N–H and O–H groups in total. The summed E-state index contributed by atoms with van der Waals surface area (Å²) in [5, 5.41) is 3.19. The summed E-state index contributed by atoms with van der Waals surface area (Å²) >= 11 is 0.